The van der Waals surface area contributed by atoms with Gasteiger partial charge in [0.1, 0.15) is 11.8 Å². The maximum Gasteiger partial charge on any atom is 0.267 e. The number of Topliss-reactive ketones (excluding diaryl/α,β-unsaturated/α-hetero) is 1. The highest BCUT2D eigenvalue weighted by molar-refractivity contribution is 7.91. The van der Waals surface area contributed by atoms with Crippen molar-refractivity contribution >= 4 is 32.9 Å². The van der Waals surface area contributed by atoms with E-state index in [1.165, 1.54) is 6.92 Å². The van der Waals surface area contributed by atoms with E-state index in [4.69, 9.17) is 0 Å². The number of sulfone groups is 1. The quantitative estimate of drug-likeness (QED) is 0.855. The molecule has 0 spiro atoms. The van der Waals surface area contributed by atoms with E-state index in [0.29, 0.717) is 6.42 Å². The van der Waals surface area contributed by atoms with Gasteiger partial charge in [0.15, 0.2) is 15.6 Å². The van der Waals surface area contributed by atoms with Gasteiger partial charge in [0, 0.05) is 12.5 Å². The molecule has 0 unspecified atom stereocenters. The summed E-state index contributed by atoms with van der Waals surface area (Å²) >= 11 is 0. The van der Waals surface area contributed by atoms with Gasteiger partial charge in [0.05, 0.1) is 17.2 Å². The van der Waals surface area contributed by atoms with Crippen LogP contribution in [0.2, 0.25) is 0 Å². The Morgan fingerprint density at radius 3 is 2.54 bits per heavy atom. The second-order valence-electron chi connectivity index (χ2n) is 6.13. The number of hydrogen-bond donors (Lipinski definition) is 1. The average molecular weight is 349 g/mol. The number of carbonyl (C=O) groups excluding carboxylic acids is 2. The Kier molecular flexibility index (Phi) is 4.40. The van der Waals surface area contributed by atoms with Crippen LogP contribution in [0, 0.1) is 0 Å². The molecule has 128 valence electrons. The Hall–Kier alpha value is -2.22. The summed E-state index contributed by atoms with van der Waals surface area (Å²) in [6.07, 6.45) is 0.634. The lowest BCUT2D eigenvalue weighted by atomic mass is 10.1. The van der Waals surface area contributed by atoms with Gasteiger partial charge in [0.2, 0.25) is 0 Å². The monoisotopic (exact) mass is 349 g/mol. The largest absolute Gasteiger partial charge is 0.347 e. The van der Waals surface area contributed by atoms with E-state index in [9.17, 15) is 18.0 Å². The first-order valence-corrected chi connectivity index (χ1v) is 9.61. The number of ketones is 1. The lowest BCUT2D eigenvalue weighted by molar-refractivity contribution is -0.118. The van der Waals surface area contributed by atoms with Gasteiger partial charge < -0.3 is 5.32 Å². The second kappa shape index (κ2) is 6.35. The number of carbonyl (C=O) groups is 2. The highest BCUT2D eigenvalue weighted by atomic mass is 32.2. The molecule has 7 nitrogen and oxygen atoms in total. The Morgan fingerprint density at radius 2 is 1.96 bits per heavy atom. The Labute approximate surface area is 140 Å². The number of amides is 1. The summed E-state index contributed by atoms with van der Waals surface area (Å²) < 4.78 is 23.0. The van der Waals surface area contributed by atoms with Crippen LogP contribution in [0.4, 0.5) is 5.69 Å². The number of hydrazone groups is 1. The smallest absolute Gasteiger partial charge is 0.267 e. The summed E-state index contributed by atoms with van der Waals surface area (Å²) in [5, 5.41) is 8.59. The van der Waals surface area contributed by atoms with E-state index < -0.39 is 21.8 Å². The van der Waals surface area contributed by atoms with Gasteiger partial charge in [-0.3, -0.25) is 14.6 Å². The molecule has 2 aliphatic heterocycles. The van der Waals surface area contributed by atoms with Gasteiger partial charge >= 0.3 is 0 Å². The standard InChI is InChI=1S/C16H19N3O4S/c1-11(20)15-9-14(18-19(15)13-5-3-2-4-6-13)16(21)17-12-7-8-24(22,23)10-12/h2-6,12,15H,7-10H2,1H3,(H,17,21)/t12-,15-/m0/s1. The first kappa shape index (κ1) is 16.6. The lowest BCUT2D eigenvalue weighted by Crippen LogP contribution is -2.40. The normalized spacial score (nSPS) is 25.4. The predicted molar refractivity (Wildman–Crippen MR) is 90.6 cm³/mol. The van der Waals surface area contributed by atoms with Crippen molar-refractivity contribution in [1.29, 1.82) is 0 Å². The number of nitrogens with one attached hydrogen (secondary N) is 1. The molecule has 1 N–H and O–H groups in total. The van der Waals surface area contributed by atoms with Crippen molar-refractivity contribution < 1.29 is 18.0 Å². The highest BCUT2D eigenvalue weighted by Crippen LogP contribution is 2.25. The second-order valence-corrected chi connectivity index (χ2v) is 8.36. The van der Waals surface area contributed by atoms with Crippen molar-refractivity contribution in [3.63, 3.8) is 0 Å². The first-order valence-electron chi connectivity index (χ1n) is 7.79. The minimum absolute atomic E-state index is 0.0371. The zero-order valence-electron chi connectivity index (χ0n) is 13.3. The van der Waals surface area contributed by atoms with E-state index in [1.54, 1.807) is 5.01 Å². The third-order valence-electron chi connectivity index (χ3n) is 4.23. The molecule has 0 saturated carbocycles. The minimum atomic E-state index is -3.06. The molecule has 3 rings (SSSR count). The molecule has 2 heterocycles. The van der Waals surface area contributed by atoms with Gasteiger partial charge in [-0.05, 0) is 25.5 Å². The fourth-order valence-corrected chi connectivity index (χ4v) is 4.63. The van der Waals surface area contributed by atoms with Gasteiger partial charge in [0.25, 0.3) is 5.91 Å². The number of rotatable bonds is 4. The van der Waals surface area contributed by atoms with Gasteiger partial charge in [-0.25, -0.2) is 8.42 Å². The molecule has 1 fully saturated rings. The molecule has 2 atom stereocenters. The van der Waals surface area contributed by atoms with Crippen molar-refractivity contribution in [2.75, 3.05) is 16.5 Å². The molecule has 0 aromatic heterocycles. The first-order chi connectivity index (χ1) is 11.4. The summed E-state index contributed by atoms with van der Waals surface area (Å²) in [4.78, 5) is 24.3. The molecular formula is C16H19N3O4S. The van der Waals surface area contributed by atoms with E-state index in [1.807, 2.05) is 30.3 Å². The van der Waals surface area contributed by atoms with Crippen LogP contribution in [0.1, 0.15) is 19.8 Å². The third kappa shape index (κ3) is 3.48. The summed E-state index contributed by atoms with van der Waals surface area (Å²) in [5.74, 6) is -0.420. The molecule has 2 aliphatic rings. The number of benzene rings is 1. The topological polar surface area (TPSA) is 95.9 Å². The number of para-hydroxylation sites is 1. The molecule has 24 heavy (non-hydrogen) atoms. The highest BCUT2D eigenvalue weighted by Gasteiger charge is 2.36. The van der Waals surface area contributed by atoms with Crippen LogP contribution in [0.15, 0.2) is 35.4 Å². The van der Waals surface area contributed by atoms with Crippen molar-refractivity contribution in [1.82, 2.24) is 5.32 Å². The van der Waals surface area contributed by atoms with E-state index >= 15 is 0 Å². The Balaban J connectivity index is 1.76. The maximum atomic E-state index is 12.4. The zero-order valence-corrected chi connectivity index (χ0v) is 14.1. The fourth-order valence-electron chi connectivity index (χ4n) is 2.96. The molecule has 1 aromatic carbocycles. The van der Waals surface area contributed by atoms with Crippen molar-refractivity contribution in [3.8, 4) is 0 Å². The number of anilines is 1. The van der Waals surface area contributed by atoms with Crippen LogP contribution in [0.5, 0.6) is 0 Å². The van der Waals surface area contributed by atoms with Crippen LogP contribution >= 0.6 is 0 Å². The summed E-state index contributed by atoms with van der Waals surface area (Å²) in [5.41, 5.74) is 0.993. The van der Waals surface area contributed by atoms with Crippen LogP contribution in [0.3, 0.4) is 0 Å². The van der Waals surface area contributed by atoms with Crippen molar-refractivity contribution in [2.45, 2.75) is 31.8 Å². The van der Waals surface area contributed by atoms with Crippen molar-refractivity contribution in [2.24, 2.45) is 5.10 Å². The number of nitrogens with zero attached hydrogens (tertiary/aromatic N) is 2. The molecule has 0 bridgehead atoms. The summed E-state index contributed by atoms with van der Waals surface area (Å²) in [6.45, 7) is 1.47. The van der Waals surface area contributed by atoms with Crippen LogP contribution in [-0.4, -0.2) is 49.4 Å². The Bertz CT molecular complexity index is 789. The lowest BCUT2D eigenvalue weighted by Gasteiger charge is -2.20. The SMILES string of the molecule is CC(=O)[C@@H]1CC(C(=O)N[C@H]2CCS(=O)(=O)C2)=NN1c1ccccc1. The van der Waals surface area contributed by atoms with Crippen LogP contribution in [0.25, 0.3) is 0 Å². The molecule has 8 heteroatoms. The predicted octanol–water partition coefficient (Wildman–Crippen LogP) is 0.514. The third-order valence-corrected chi connectivity index (χ3v) is 6.00. The Morgan fingerprint density at radius 1 is 1.25 bits per heavy atom. The molecule has 0 radical (unpaired) electrons. The fraction of sp³-hybridized carbons (Fsp3) is 0.438. The molecule has 1 saturated heterocycles. The van der Waals surface area contributed by atoms with E-state index in [0.717, 1.165) is 5.69 Å². The van der Waals surface area contributed by atoms with Gasteiger partial charge in [-0.2, -0.15) is 5.10 Å². The zero-order chi connectivity index (χ0) is 17.3. The van der Waals surface area contributed by atoms with Gasteiger partial charge in [-0.15, -0.1) is 0 Å². The minimum Gasteiger partial charge on any atom is -0.347 e. The molecule has 0 aliphatic carbocycles. The maximum absolute atomic E-state index is 12.4. The molecule has 1 aromatic rings. The number of hydrogen-bond acceptors (Lipinski definition) is 6. The van der Waals surface area contributed by atoms with Crippen molar-refractivity contribution in [3.05, 3.63) is 30.3 Å². The molecule has 1 amide bonds. The summed E-state index contributed by atoms with van der Waals surface area (Å²) in [7, 11) is -3.06. The van der Waals surface area contributed by atoms with Crippen LogP contribution in [-0.2, 0) is 19.4 Å². The van der Waals surface area contributed by atoms with Gasteiger partial charge in [-0.1, -0.05) is 18.2 Å². The average Bonchev–Trinajstić information content (AvgIpc) is 3.12. The molecular weight excluding hydrogens is 330 g/mol. The van der Waals surface area contributed by atoms with E-state index in [-0.39, 0.29) is 35.5 Å². The summed E-state index contributed by atoms with van der Waals surface area (Å²) in [6, 6.07) is 8.29. The van der Waals surface area contributed by atoms with Crippen LogP contribution < -0.4 is 10.3 Å². The van der Waals surface area contributed by atoms with E-state index in [2.05, 4.69) is 10.4 Å².